The molecule has 26 heavy (non-hydrogen) atoms. The second kappa shape index (κ2) is 7.37. The number of fused-ring (bicyclic) bond motifs is 1. The molecule has 3 amide bonds. The van der Waals surface area contributed by atoms with Gasteiger partial charge in [0.15, 0.2) is 0 Å². The van der Waals surface area contributed by atoms with Crippen molar-refractivity contribution in [1.82, 2.24) is 5.32 Å². The van der Waals surface area contributed by atoms with Crippen LogP contribution in [0.4, 0.5) is 16.2 Å². The molecule has 7 heteroatoms. The maximum Gasteiger partial charge on any atom is 0.319 e. The molecule has 0 saturated heterocycles. The first-order valence-electron chi connectivity index (χ1n) is 8.57. The molecule has 0 fully saturated rings. The van der Waals surface area contributed by atoms with Crippen molar-refractivity contribution in [1.29, 1.82) is 0 Å². The summed E-state index contributed by atoms with van der Waals surface area (Å²) < 4.78 is 5.83. The number of nitrogens with zero attached hydrogens (tertiary/aromatic N) is 1. The molecule has 0 saturated carbocycles. The smallest absolute Gasteiger partial charge is 0.319 e. The number of benzene rings is 1. The molecular formula is C19H23N3O3S. The molecule has 2 heterocycles. The number of hydrogen-bond acceptors (Lipinski definition) is 4. The lowest BCUT2D eigenvalue weighted by Gasteiger charge is -2.27. The van der Waals surface area contributed by atoms with Crippen LogP contribution in [0.15, 0.2) is 35.7 Å². The number of thiophene rings is 1. The third-order valence-electron chi connectivity index (χ3n) is 4.24. The monoisotopic (exact) mass is 373 g/mol. The number of rotatable bonds is 4. The minimum Gasteiger partial charge on any atom is -0.490 e. The number of ether oxygens (including phenoxy) is 1. The second-order valence-electron chi connectivity index (χ2n) is 6.79. The van der Waals surface area contributed by atoms with Gasteiger partial charge in [-0.3, -0.25) is 4.79 Å². The van der Waals surface area contributed by atoms with Gasteiger partial charge in [0, 0.05) is 17.1 Å². The Balaban J connectivity index is 1.75. The van der Waals surface area contributed by atoms with Crippen molar-refractivity contribution in [2.75, 3.05) is 23.4 Å². The van der Waals surface area contributed by atoms with Gasteiger partial charge in [0.05, 0.1) is 17.6 Å². The van der Waals surface area contributed by atoms with Crippen LogP contribution < -0.4 is 20.3 Å². The largest absolute Gasteiger partial charge is 0.490 e. The fraction of sp³-hybridized carbons (Fsp3) is 0.368. The fourth-order valence-corrected chi connectivity index (χ4v) is 3.44. The summed E-state index contributed by atoms with van der Waals surface area (Å²) in [4.78, 5) is 27.7. The highest BCUT2D eigenvalue weighted by Crippen LogP contribution is 2.38. The fourth-order valence-electron chi connectivity index (χ4n) is 2.79. The maximum atomic E-state index is 12.8. The zero-order chi connectivity index (χ0) is 18.7. The van der Waals surface area contributed by atoms with E-state index in [1.165, 1.54) is 0 Å². The van der Waals surface area contributed by atoms with Crippen molar-refractivity contribution in [3.05, 3.63) is 40.6 Å². The Morgan fingerprint density at radius 3 is 2.85 bits per heavy atom. The molecule has 6 nitrogen and oxygen atoms in total. The number of urea groups is 1. The van der Waals surface area contributed by atoms with Crippen LogP contribution >= 0.6 is 11.3 Å². The van der Waals surface area contributed by atoms with Gasteiger partial charge in [-0.05, 0) is 50.4 Å². The zero-order valence-corrected chi connectivity index (χ0v) is 16.0. The van der Waals surface area contributed by atoms with Gasteiger partial charge in [0.2, 0.25) is 5.91 Å². The highest BCUT2D eigenvalue weighted by Gasteiger charge is 2.37. The summed E-state index contributed by atoms with van der Waals surface area (Å²) in [6.07, 6.45) is 0. The molecule has 1 aliphatic heterocycles. The van der Waals surface area contributed by atoms with Crippen LogP contribution in [-0.2, 0) is 11.3 Å². The molecule has 2 aromatic rings. The molecule has 1 aliphatic rings. The summed E-state index contributed by atoms with van der Waals surface area (Å²) in [6.45, 7) is 7.01. The van der Waals surface area contributed by atoms with E-state index >= 15 is 0 Å². The Morgan fingerprint density at radius 1 is 1.35 bits per heavy atom. The third-order valence-corrected chi connectivity index (χ3v) is 5.12. The van der Waals surface area contributed by atoms with Crippen molar-refractivity contribution in [3.63, 3.8) is 0 Å². The van der Waals surface area contributed by atoms with E-state index in [4.69, 9.17) is 4.74 Å². The van der Waals surface area contributed by atoms with Crippen molar-refractivity contribution in [2.24, 2.45) is 5.41 Å². The van der Waals surface area contributed by atoms with E-state index < -0.39 is 5.41 Å². The number of carbonyl (C=O) groups is 2. The lowest BCUT2D eigenvalue weighted by atomic mass is 9.93. The van der Waals surface area contributed by atoms with Crippen LogP contribution in [0.1, 0.15) is 25.6 Å². The predicted octanol–water partition coefficient (Wildman–Crippen LogP) is 3.84. The van der Waals surface area contributed by atoms with Crippen LogP contribution in [0, 0.1) is 5.41 Å². The van der Waals surface area contributed by atoms with Gasteiger partial charge in [-0.2, -0.15) is 0 Å². The van der Waals surface area contributed by atoms with Gasteiger partial charge < -0.3 is 20.3 Å². The molecule has 3 rings (SSSR count). The van der Waals surface area contributed by atoms with E-state index in [1.54, 1.807) is 34.4 Å². The number of anilines is 2. The van der Waals surface area contributed by atoms with Gasteiger partial charge in [0.25, 0.3) is 0 Å². The molecule has 0 unspecified atom stereocenters. The first-order chi connectivity index (χ1) is 12.4. The molecule has 0 atom stereocenters. The molecule has 0 aliphatic carbocycles. The predicted molar refractivity (Wildman–Crippen MR) is 104 cm³/mol. The van der Waals surface area contributed by atoms with Crippen LogP contribution in [0.25, 0.3) is 0 Å². The highest BCUT2D eigenvalue weighted by atomic mass is 32.1. The van der Waals surface area contributed by atoms with E-state index in [9.17, 15) is 9.59 Å². The molecule has 1 aromatic carbocycles. The summed E-state index contributed by atoms with van der Waals surface area (Å²) in [6, 6.07) is 8.98. The minimum atomic E-state index is -0.597. The summed E-state index contributed by atoms with van der Waals surface area (Å²) in [5.41, 5.74) is 0.696. The van der Waals surface area contributed by atoms with Crippen LogP contribution in [0.5, 0.6) is 5.75 Å². The summed E-state index contributed by atoms with van der Waals surface area (Å²) in [7, 11) is 0. The maximum absolute atomic E-state index is 12.8. The van der Waals surface area contributed by atoms with E-state index in [0.717, 1.165) is 4.88 Å². The van der Waals surface area contributed by atoms with Crippen LogP contribution in [0.3, 0.4) is 0 Å². The minimum absolute atomic E-state index is 0.0121. The summed E-state index contributed by atoms with van der Waals surface area (Å²) in [5.74, 6) is 0.661. The van der Waals surface area contributed by atoms with Gasteiger partial charge >= 0.3 is 6.03 Å². The molecule has 1 aromatic heterocycles. The Labute approximate surface area is 157 Å². The topological polar surface area (TPSA) is 70.7 Å². The Bertz CT molecular complexity index is 802. The van der Waals surface area contributed by atoms with Crippen molar-refractivity contribution < 1.29 is 14.3 Å². The first kappa shape index (κ1) is 18.3. The Hall–Kier alpha value is -2.54. The highest BCUT2D eigenvalue weighted by molar-refractivity contribution is 7.09. The van der Waals surface area contributed by atoms with E-state index in [1.807, 2.05) is 38.3 Å². The summed E-state index contributed by atoms with van der Waals surface area (Å²) in [5, 5.41) is 7.61. The van der Waals surface area contributed by atoms with Gasteiger partial charge in [0.1, 0.15) is 12.4 Å². The molecular weight excluding hydrogens is 350 g/mol. The van der Waals surface area contributed by atoms with Crippen molar-refractivity contribution >= 4 is 34.6 Å². The molecule has 0 radical (unpaired) electrons. The number of amides is 3. The summed E-state index contributed by atoms with van der Waals surface area (Å²) >= 11 is 1.59. The van der Waals surface area contributed by atoms with E-state index in [-0.39, 0.29) is 11.9 Å². The lowest BCUT2D eigenvalue weighted by Crippen LogP contribution is -2.42. The van der Waals surface area contributed by atoms with Crippen molar-refractivity contribution in [3.8, 4) is 5.75 Å². The lowest BCUT2D eigenvalue weighted by molar-refractivity contribution is -0.127. The van der Waals surface area contributed by atoms with Crippen LogP contribution in [0.2, 0.25) is 0 Å². The van der Waals surface area contributed by atoms with Gasteiger partial charge in [-0.1, -0.05) is 6.07 Å². The third kappa shape index (κ3) is 3.83. The second-order valence-corrected chi connectivity index (χ2v) is 7.82. The normalized spacial score (nSPS) is 15.7. The van der Waals surface area contributed by atoms with Crippen molar-refractivity contribution in [2.45, 2.75) is 27.3 Å². The standard InChI is InChI=1S/C19H23N3O3S/c1-4-22-15-10-13(21-18(24)20-11-14-6-5-9-26-14)7-8-16(15)25-12-19(2,3)17(22)23/h5-10H,4,11-12H2,1-3H3,(H2,20,21,24). The SMILES string of the molecule is CCN1C(=O)C(C)(C)COc2ccc(NC(=O)NCc3cccs3)cc21. The molecule has 2 N–H and O–H groups in total. The Morgan fingerprint density at radius 2 is 2.15 bits per heavy atom. The van der Waals surface area contributed by atoms with Crippen LogP contribution in [-0.4, -0.2) is 25.1 Å². The quantitative estimate of drug-likeness (QED) is 0.855. The van der Waals surface area contributed by atoms with E-state index in [2.05, 4.69) is 10.6 Å². The number of nitrogens with one attached hydrogen (secondary N) is 2. The Kier molecular flexibility index (Phi) is 5.18. The first-order valence-corrected chi connectivity index (χ1v) is 9.45. The number of carbonyl (C=O) groups excluding carboxylic acids is 2. The average Bonchev–Trinajstić information content (AvgIpc) is 3.10. The molecule has 0 bridgehead atoms. The average molecular weight is 373 g/mol. The van der Waals surface area contributed by atoms with Gasteiger partial charge in [-0.15, -0.1) is 11.3 Å². The van der Waals surface area contributed by atoms with E-state index in [0.29, 0.717) is 36.8 Å². The zero-order valence-electron chi connectivity index (χ0n) is 15.2. The van der Waals surface area contributed by atoms with Gasteiger partial charge in [-0.25, -0.2) is 4.79 Å². The number of hydrogen-bond donors (Lipinski definition) is 2. The molecule has 0 spiro atoms. The molecule has 138 valence electrons.